The van der Waals surface area contributed by atoms with Crippen molar-refractivity contribution in [1.29, 1.82) is 0 Å². The number of hydrogen-bond donors (Lipinski definition) is 1. The summed E-state index contributed by atoms with van der Waals surface area (Å²) in [5.74, 6) is 0.937. The monoisotopic (exact) mass is 226 g/mol. The molecule has 0 saturated carbocycles. The summed E-state index contributed by atoms with van der Waals surface area (Å²) in [6.07, 6.45) is 4.89. The minimum Gasteiger partial charge on any atom is -0.235 e. The van der Waals surface area contributed by atoms with Gasteiger partial charge in [0.15, 0.2) is 5.50 Å². The molecule has 1 heterocycles. The van der Waals surface area contributed by atoms with Crippen LogP contribution in [0.5, 0.6) is 0 Å². The number of hydrogen-bond acceptors (Lipinski definition) is 1. The number of thiol groups is 1. The van der Waals surface area contributed by atoms with Crippen LogP contribution < -0.4 is 0 Å². The predicted octanol–water partition coefficient (Wildman–Crippen LogP) is 3.99. The van der Waals surface area contributed by atoms with Crippen LogP contribution in [0.2, 0.25) is 0 Å². The second-order valence-electron chi connectivity index (χ2n) is 3.13. The molecule has 0 radical (unpaired) electrons. The topological polar surface area (TPSA) is 0 Å². The maximum absolute atomic E-state index is 13.5. The first-order valence-electron chi connectivity index (χ1n) is 4.58. The van der Waals surface area contributed by atoms with Crippen LogP contribution in [-0.2, 0) is 0 Å². The van der Waals surface area contributed by atoms with Gasteiger partial charge in [0, 0.05) is 0 Å². The van der Waals surface area contributed by atoms with Gasteiger partial charge in [0.05, 0.1) is 4.58 Å². The van der Waals surface area contributed by atoms with Crippen molar-refractivity contribution < 1.29 is 8.28 Å². The van der Waals surface area contributed by atoms with Crippen molar-refractivity contribution in [1.82, 2.24) is 0 Å². The van der Waals surface area contributed by atoms with E-state index in [1.54, 1.807) is 6.08 Å². The largest absolute Gasteiger partial charge is 0.235 e. The van der Waals surface area contributed by atoms with Crippen LogP contribution in [0.25, 0.3) is 0 Å². The van der Waals surface area contributed by atoms with Crippen LogP contribution in [-0.4, -0.2) is 15.8 Å². The summed E-state index contributed by atoms with van der Waals surface area (Å²) < 4.78 is 26.4. The molecule has 3 atom stereocenters. The Labute approximate surface area is 85.8 Å². The molecule has 0 spiro atoms. The van der Waals surface area contributed by atoms with Crippen molar-refractivity contribution in [2.75, 3.05) is 5.75 Å². The summed E-state index contributed by atoms with van der Waals surface area (Å²) in [7, 11) is 0. The predicted molar refractivity (Wildman–Crippen MR) is 59.9 cm³/mol. The van der Waals surface area contributed by atoms with E-state index in [4.69, 9.17) is 0 Å². The molecule has 0 aromatic carbocycles. The average molecular weight is 226 g/mol. The summed E-state index contributed by atoms with van der Waals surface area (Å²) in [4.78, 5) is 0. The molecule has 1 fully saturated rings. The highest BCUT2D eigenvalue weighted by atomic mass is 32.3. The number of rotatable bonds is 1. The van der Waals surface area contributed by atoms with Gasteiger partial charge in [-0.15, -0.1) is 18.3 Å². The van der Waals surface area contributed by atoms with E-state index in [-0.39, 0.29) is 4.58 Å². The Kier molecular flexibility index (Phi) is 5.17. The Hall–Kier alpha value is 0.300. The highest BCUT2D eigenvalue weighted by molar-refractivity contribution is 8.24. The molecule has 1 rings (SSSR count). The third-order valence-electron chi connectivity index (χ3n) is 2.09. The van der Waals surface area contributed by atoms with Crippen LogP contribution in [0.3, 0.4) is 0 Å². The minimum atomic E-state index is -2.00. The van der Waals surface area contributed by atoms with Gasteiger partial charge in [0.2, 0.25) is 0 Å². The molecule has 0 aliphatic carbocycles. The van der Waals surface area contributed by atoms with Crippen LogP contribution >= 0.6 is 23.0 Å². The highest BCUT2D eigenvalue weighted by Crippen LogP contribution is 2.47. The van der Waals surface area contributed by atoms with E-state index in [0.717, 1.165) is 25.0 Å². The lowest BCUT2D eigenvalue weighted by atomic mass is 10.2. The van der Waals surface area contributed by atoms with Gasteiger partial charge in [-0.2, -0.15) is 3.89 Å². The van der Waals surface area contributed by atoms with Gasteiger partial charge in [-0.05, 0) is 25.0 Å². The van der Waals surface area contributed by atoms with E-state index in [2.05, 4.69) is 6.58 Å². The Bertz CT molecular complexity index is 164. The minimum absolute atomic E-state index is 0.289. The summed E-state index contributed by atoms with van der Waals surface area (Å²) in [6.45, 7) is 3.56. The van der Waals surface area contributed by atoms with Crippen molar-refractivity contribution in [3.63, 3.8) is 0 Å². The van der Waals surface area contributed by atoms with E-state index in [1.807, 2.05) is 0 Å². The first-order valence-corrected chi connectivity index (χ1v) is 7.00. The molecule has 0 bridgehead atoms. The Morgan fingerprint density at radius 1 is 1.38 bits per heavy atom. The van der Waals surface area contributed by atoms with E-state index in [1.165, 1.54) is 11.8 Å². The molecule has 0 aromatic rings. The molecule has 3 unspecified atom stereocenters. The van der Waals surface area contributed by atoms with E-state index in [0.29, 0.717) is 6.42 Å². The number of halogens is 2. The molecule has 1 saturated heterocycles. The highest BCUT2D eigenvalue weighted by Gasteiger charge is 2.24. The molecular formula is C9H16F2S2. The lowest BCUT2D eigenvalue weighted by Crippen LogP contribution is -2.06. The lowest BCUT2D eigenvalue weighted by Gasteiger charge is -2.22. The van der Waals surface area contributed by atoms with Crippen molar-refractivity contribution in [3.8, 4) is 0 Å². The Balaban J connectivity index is 2.54. The van der Waals surface area contributed by atoms with Gasteiger partial charge in [0.25, 0.3) is 0 Å². The fourth-order valence-electron chi connectivity index (χ4n) is 1.32. The number of thioether (sulfide) groups is 1. The normalized spacial score (nSPS) is 40.0. The fraction of sp³-hybridized carbons (Fsp3) is 0.778. The molecule has 1 aliphatic heterocycles. The molecule has 0 N–H and O–H groups in total. The smallest absolute Gasteiger partial charge is 0.154 e. The van der Waals surface area contributed by atoms with Crippen molar-refractivity contribution in [2.45, 2.75) is 35.8 Å². The van der Waals surface area contributed by atoms with Crippen LogP contribution in [0.4, 0.5) is 8.28 Å². The summed E-state index contributed by atoms with van der Waals surface area (Å²) >= 11 is -0.481. The summed E-state index contributed by atoms with van der Waals surface area (Å²) in [6, 6.07) is 0. The zero-order valence-corrected chi connectivity index (χ0v) is 9.30. The first-order chi connectivity index (χ1) is 6.25. The van der Waals surface area contributed by atoms with Crippen LogP contribution in [0.15, 0.2) is 12.7 Å². The SMILES string of the molecule is C=CC1SCCCCCC(F)[SH]1F. The van der Waals surface area contributed by atoms with Gasteiger partial charge >= 0.3 is 0 Å². The van der Waals surface area contributed by atoms with E-state index < -0.39 is 16.8 Å². The first kappa shape index (κ1) is 11.4. The van der Waals surface area contributed by atoms with Gasteiger partial charge in [-0.25, -0.2) is 4.39 Å². The maximum atomic E-state index is 13.5. The van der Waals surface area contributed by atoms with Gasteiger partial charge in [-0.1, -0.05) is 23.8 Å². The molecule has 4 heteroatoms. The van der Waals surface area contributed by atoms with Crippen LogP contribution in [0, 0.1) is 0 Å². The molecular weight excluding hydrogens is 210 g/mol. The van der Waals surface area contributed by atoms with Crippen molar-refractivity contribution in [3.05, 3.63) is 12.7 Å². The fourth-order valence-corrected chi connectivity index (χ4v) is 4.30. The second-order valence-corrected chi connectivity index (χ2v) is 6.53. The van der Waals surface area contributed by atoms with Gasteiger partial charge in [0.1, 0.15) is 0 Å². The quantitative estimate of drug-likeness (QED) is 0.521. The van der Waals surface area contributed by atoms with Gasteiger partial charge in [-0.3, -0.25) is 0 Å². The average Bonchev–Trinajstić information content (AvgIpc) is 2.21. The summed E-state index contributed by atoms with van der Waals surface area (Å²) in [5.41, 5.74) is -1.23. The molecule has 1 aliphatic rings. The Morgan fingerprint density at radius 3 is 2.85 bits per heavy atom. The van der Waals surface area contributed by atoms with Crippen LogP contribution in [0.1, 0.15) is 25.7 Å². The van der Waals surface area contributed by atoms with Crippen molar-refractivity contribution in [2.24, 2.45) is 0 Å². The standard InChI is InChI=1S/C9H16F2S2/c1-2-9-12-7-5-3-4-6-8(10)13(9)11/h2,8-9,13H,1,3-7H2. The molecule has 13 heavy (non-hydrogen) atoms. The maximum Gasteiger partial charge on any atom is 0.154 e. The molecule has 0 amide bonds. The van der Waals surface area contributed by atoms with E-state index >= 15 is 0 Å². The number of alkyl halides is 1. The zero-order valence-electron chi connectivity index (χ0n) is 7.59. The molecule has 78 valence electrons. The zero-order chi connectivity index (χ0) is 9.68. The van der Waals surface area contributed by atoms with Gasteiger partial charge < -0.3 is 0 Å². The molecule has 0 aromatic heterocycles. The third kappa shape index (κ3) is 3.50. The van der Waals surface area contributed by atoms with E-state index in [9.17, 15) is 8.28 Å². The summed E-state index contributed by atoms with van der Waals surface area (Å²) in [5, 5.41) is 0. The Morgan fingerprint density at radius 2 is 2.15 bits per heavy atom. The molecule has 0 nitrogen and oxygen atoms in total. The third-order valence-corrected chi connectivity index (χ3v) is 5.69. The second kappa shape index (κ2) is 5.91. The van der Waals surface area contributed by atoms with Crippen molar-refractivity contribution >= 4 is 23.0 Å². The lowest BCUT2D eigenvalue weighted by molar-refractivity contribution is 0.405.